The minimum Gasteiger partial charge on any atom is -0.321 e. The van der Waals surface area contributed by atoms with Gasteiger partial charge in [-0.15, -0.1) is 22.7 Å². The average molecular weight is 417 g/mol. The molecular formula is C22H16N4OS2. The van der Waals surface area contributed by atoms with E-state index >= 15 is 0 Å². The zero-order valence-corrected chi connectivity index (χ0v) is 17.1. The monoisotopic (exact) mass is 416 g/mol. The van der Waals surface area contributed by atoms with Gasteiger partial charge >= 0.3 is 0 Å². The van der Waals surface area contributed by atoms with Crippen molar-refractivity contribution < 1.29 is 4.79 Å². The Hall–Kier alpha value is -3.29. The number of nitrogens with zero attached hydrogens (tertiary/aromatic N) is 3. The Labute approximate surface area is 175 Å². The van der Waals surface area contributed by atoms with Gasteiger partial charge in [-0.1, -0.05) is 30.3 Å². The number of amides is 1. The molecule has 0 fully saturated rings. The lowest BCUT2D eigenvalue weighted by molar-refractivity contribution is 0.103. The number of para-hydroxylation sites is 1. The second kappa shape index (κ2) is 7.27. The van der Waals surface area contributed by atoms with Crippen LogP contribution in [0.3, 0.4) is 0 Å². The van der Waals surface area contributed by atoms with E-state index in [-0.39, 0.29) is 5.91 Å². The number of carbonyl (C=O) groups is 1. The molecule has 0 atom stereocenters. The molecular weight excluding hydrogens is 400 g/mol. The second-order valence-corrected chi connectivity index (χ2v) is 8.45. The molecule has 0 radical (unpaired) electrons. The molecule has 1 aromatic carbocycles. The standard InChI is InChI=1S/C22H16N4OS2/c1-14-20(29-22(23-14)18-9-6-12-28-18)21(27)25-16-8-3-2-7-15(16)17-13-26-11-5-4-10-19(26)24-17/h2-13H,1H3,(H,25,27). The van der Waals surface area contributed by atoms with E-state index in [2.05, 4.69) is 15.3 Å². The third-order valence-corrected chi connectivity index (χ3v) is 6.75. The smallest absolute Gasteiger partial charge is 0.267 e. The fourth-order valence-electron chi connectivity index (χ4n) is 3.17. The maximum atomic E-state index is 13.0. The minimum atomic E-state index is -0.154. The number of benzene rings is 1. The summed E-state index contributed by atoms with van der Waals surface area (Å²) in [5.41, 5.74) is 4.02. The number of hydrogen-bond acceptors (Lipinski definition) is 5. The Balaban J connectivity index is 1.48. The molecule has 1 N–H and O–H groups in total. The highest BCUT2D eigenvalue weighted by molar-refractivity contribution is 7.22. The molecule has 142 valence electrons. The number of hydrogen-bond donors (Lipinski definition) is 1. The zero-order chi connectivity index (χ0) is 19.8. The molecule has 0 saturated heterocycles. The molecule has 0 bridgehead atoms. The molecule has 29 heavy (non-hydrogen) atoms. The topological polar surface area (TPSA) is 59.3 Å². The van der Waals surface area contributed by atoms with Gasteiger partial charge in [0.05, 0.1) is 22.0 Å². The fraction of sp³-hybridized carbons (Fsp3) is 0.0455. The minimum absolute atomic E-state index is 0.154. The van der Waals surface area contributed by atoms with E-state index in [1.807, 2.05) is 83.7 Å². The summed E-state index contributed by atoms with van der Waals surface area (Å²) in [5, 5.41) is 5.94. The van der Waals surface area contributed by atoms with Crippen LogP contribution in [0.5, 0.6) is 0 Å². The van der Waals surface area contributed by atoms with Gasteiger partial charge in [0.1, 0.15) is 15.5 Å². The normalized spacial score (nSPS) is 11.1. The van der Waals surface area contributed by atoms with Gasteiger partial charge in [-0.3, -0.25) is 4.79 Å². The second-order valence-electron chi connectivity index (χ2n) is 6.50. The molecule has 0 spiro atoms. The molecule has 4 heterocycles. The van der Waals surface area contributed by atoms with Gasteiger partial charge < -0.3 is 9.72 Å². The summed E-state index contributed by atoms with van der Waals surface area (Å²) in [4.78, 5) is 24.0. The molecule has 0 aliphatic carbocycles. The highest BCUT2D eigenvalue weighted by Gasteiger charge is 2.18. The highest BCUT2D eigenvalue weighted by atomic mass is 32.1. The van der Waals surface area contributed by atoms with E-state index < -0.39 is 0 Å². The highest BCUT2D eigenvalue weighted by Crippen LogP contribution is 2.33. The first-order valence-electron chi connectivity index (χ1n) is 9.05. The maximum Gasteiger partial charge on any atom is 0.267 e. The van der Waals surface area contributed by atoms with Crippen molar-refractivity contribution in [3.8, 4) is 21.1 Å². The molecule has 0 aliphatic rings. The lowest BCUT2D eigenvalue weighted by atomic mass is 10.1. The Bertz CT molecular complexity index is 1280. The van der Waals surface area contributed by atoms with Crippen molar-refractivity contribution in [2.75, 3.05) is 5.32 Å². The number of rotatable bonds is 4. The number of aromatic nitrogens is 3. The van der Waals surface area contributed by atoms with Crippen molar-refractivity contribution in [2.45, 2.75) is 6.92 Å². The molecule has 5 nitrogen and oxygen atoms in total. The van der Waals surface area contributed by atoms with Crippen LogP contribution >= 0.6 is 22.7 Å². The summed E-state index contributed by atoms with van der Waals surface area (Å²) >= 11 is 3.04. The number of aryl methyl sites for hydroxylation is 1. The number of fused-ring (bicyclic) bond motifs is 1. The molecule has 5 rings (SSSR count). The summed E-state index contributed by atoms with van der Waals surface area (Å²) in [6, 6.07) is 17.6. The number of nitrogens with one attached hydrogen (secondary N) is 1. The van der Waals surface area contributed by atoms with E-state index in [0.29, 0.717) is 4.88 Å². The molecule has 4 aromatic heterocycles. The van der Waals surface area contributed by atoms with Crippen LogP contribution in [0, 0.1) is 6.92 Å². The quantitative estimate of drug-likeness (QED) is 0.406. The predicted molar refractivity (Wildman–Crippen MR) is 119 cm³/mol. The largest absolute Gasteiger partial charge is 0.321 e. The number of pyridine rings is 1. The van der Waals surface area contributed by atoms with Crippen molar-refractivity contribution >= 4 is 39.9 Å². The number of thiazole rings is 1. The third kappa shape index (κ3) is 3.35. The number of imidazole rings is 1. The molecule has 5 aromatic rings. The fourth-order valence-corrected chi connectivity index (χ4v) is 4.93. The van der Waals surface area contributed by atoms with Gasteiger partial charge in [0, 0.05) is 18.0 Å². The van der Waals surface area contributed by atoms with Crippen molar-refractivity contribution in [1.82, 2.24) is 14.4 Å². The van der Waals surface area contributed by atoms with Crippen molar-refractivity contribution in [3.63, 3.8) is 0 Å². The Kier molecular flexibility index (Phi) is 4.46. The van der Waals surface area contributed by atoms with Crippen LogP contribution in [0.4, 0.5) is 5.69 Å². The summed E-state index contributed by atoms with van der Waals surface area (Å²) < 4.78 is 1.97. The van der Waals surface area contributed by atoms with Crippen molar-refractivity contribution in [3.05, 3.63) is 82.9 Å². The lowest BCUT2D eigenvalue weighted by Gasteiger charge is -2.08. The molecule has 0 saturated carbocycles. The Morgan fingerprint density at radius 1 is 1.03 bits per heavy atom. The SMILES string of the molecule is Cc1nc(-c2cccs2)sc1C(=O)Nc1ccccc1-c1cn2ccccc2n1. The lowest BCUT2D eigenvalue weighted by Crippen LogP contribution is -2.12. The summed E-state index contributed by atoms with van der Waals surface area (Å²) in [5.74, 6) is -0.154. The van der Waals surface area contributed by atoms with Crippen LogP contribution in [-0.2, 0) is 0 Å². The number of thiophene rings is 1. The van der Waals surface area contributed by atoms with Gasteiger partial charge in [-0.05, 0) is 36.6 Å². The molecule has 0 unspecified atom stereocenters. The van der Waals surface area contributed by atoms with Crippen molar-refractivity contribution in [2.24, 2.45) is 0 Å². The predicted octanol–water partition coefficient (Wildman–Crippen LogP) is 5.75. The van der Waals surface area contributed by atoms with Crippen LogP contribution in [-0.4, -0.2) is 20.3 Å². The summed E-state index contributed by atoms with van der Waals surface area (Å²) in [6.07, 6.45) is 3.92. The van der Waals surface area contributed by atoms with E-state index in [4.69, 9.17) is 0 Å². The van der Waals surface area contributed by atoms with Gasteiger partial charge in [-0.2, -0.15) is 0 Å². The molecule has 7 heteroatoms. The third-order valence-electron chi connectivity index (χ3n) is 4.55. The Morgan fingerprint density at radius 3 is 2.72 bits per heavy atom. The van der Waals surface area contributed by atoms with Crippen LogP contribution in [0.2, 0.25) is 0 Å². The average Bonchev–Trinajstić information content (AvgIpc) is 3.47. The van der Waals surface area contributed by atoms with Gasteiger partial charge in [0.2, 0.25) is 0 Å². The van der Waals surface area contributed by atoms with E-state index in [1.54, 1.807) is 11.3 Å². The van der Waals surface area contributed by atoms with Crippen LogP contribution in [0.15, 0.2) is 72.4 Å². The van der Waals surface area contributed by atoms with Crippen molar-refractivity contribution in [1.29, 1.82) is 0 Å². The van der Waals surface area contributed by atoms with Gasteiger partial charge in [-0.25, -0.2) is 9.97 Å². The van der Waals surface area contributed by atoms with Crippen LogP contribution in [0.1, 0.15) is 15.4 Å². The number of carbonyl (C=O) groups excluding carboxylic acids is 1. The number of anilines is 1. The first-order valence-corrected chi connectivity index (χ1v) is 10.7. The first kappa shape index (κ1) is 17.8. The first-order chi connectivity index (χ1) is 14.2. The maximum absolute atomic E-state index is 13.0. The Morgan fingerprint density at radius 2 is 1.90 bits per heavy atom. The zero-order valence-electron chi connectivity index (χ0n) is 15.5. The van der Waals surface area contributed by atoms with Gasteiger partial charge in [0.15, 0.2) is 0 Å². The molecule has 1 amide bonds. The van der Waals surface area contributed by atoms with E-state index in [0.717, 1.165) is 38.2 Å². The van der Waals surface area contributed by atoms with E-state index in [9.17, 15) is 4.79 Å². The van der Waals surface area contributed by atoms with Crippen LogP contribution < -0.4 is 5.32 Å². The summed E-state index contributed by atoms with van der Waals surface area (Å²) in [6.45, 7) is 1.87. The van der Waals surface area contributed by atoms with E-state index in [1.165, 1.54) is 11.3 Å². The van der Waals surface area contributed by atoms with Gasteiger partial charge in [0.25, 0.3) is 5.91 Å². The summed E-state index contributed by atoms with van der Waals surface area (Å²) in [7, 11) is 0. The van der Waals surface area contributed by atoms with Crippen LogP contribution in [0.25, 0.3) is 26.8 Å². The molecule has 0 aliphatic heterocycles.